The van der Waals surface area contributed by atoms with Gasteiger partial charge in [-0.25, -0.2) is 9.37 Å². The molecule has 9 nitrogen and oxygen atoms in total. The smallest absolute Gasteiger partial charge is 0.252 e. The Kier molecular flexibility index (Phi) is 5.99. The van der Waals surface area contributed by atoms with E-state index in [0.29, 0.717) is 5.69 Å². The molecule has 1 saturated carbocycles. The molecule has 5 rings (SSSR count). The van der Waals surface area contributed by atoms with Crippen molar-refractivity contribution >= 4 is 40.0 Å². The van der Waals surface area contributed by atoms with E-state index in [4.69, 9.17) is 16.6 Å². The summed E-state index contributed by atoms with van der Waals surface area (Å²) in [6, 6.07) is 6.83. The third-order valence-electron chi connectivity index (χ3n) is 6.88. The Hall–Kier alpha value is -3.40. The van der Waals surface area contributed by atoms with Gasteiger partial charge in [-0.15, -0.1) is 0 Å². The molecule has 3 heterocycles. The summed E-state index contributed by atoms with van der Waals surface area (Å²) in [5, 5.41) is 12.1. The highest BCUT2D eigenvalue weighted by molar-refractivity contribution is 5.99. The number of nitrogens with one attached hydrogen (secondary N) is 2. The monoisotopic (exact) mass is 466 g/mol. The number of primary amides is 1. The van der Waals surface area contributed by atoms with Crippen molar-refractivity contribution < 1.29 is 9.18 Å². The molecule has 2 aliphatic rings. The average molecular weight is 467 g/mol. The lowest BCUT2D eigenvalue weighted by Gasteiger charge is -2.30. The largest absolute Gasteiger partial charge is 0.365 e. The number of nitrogens with two attached hydrogens (primary N) is 2. The molecule has 3 aromatic rings. The number of aromatic nitrogens is 3. The highest BCUT2D eigenvalue weighted by Gasteiger charge is 2.25. The zero-order valence-electron chi connectivity index (χ0n) is 19.4. The molecule has 6 N–H and O–H groups in total. The second-order valence-corrected chi connectivity index (χ2v) is 9.28. The molecule has 2 fully saturated rings. The molecule has 1 aliphatic heterocycles. The fraction of sp³-hybridized carbons (Fsp3) is 0.458. The number of fused-ring (bicyclic) bond motifs is 1. The predicted octanol–water partition coefficient (Wildman–Crippen LogP) is 3.23. The van der Waals surface area contributed by atoms with Gasteiger partial charge in [0.2, 0.25) is 0 Å². The fourth-order valence-electron chi connectivity index (χ4n) is 5.01. The van der Waals surface area contributed by atoms with E-state index >= 15 is 0 Å². The molecule has 2 aromatic heterocycles. The molecule has 10 heteroatoms. The number of hydrogen-bond acceptors (Lipinski definition) is 7. The zero-order chi connectivity index (χ0) is 23.8. The highest BCUT2D eigenvalue weighted by atomic mass is 19.1. The molecule has 0 unspecified atom stereocenters. The van der Waals surface area contributed by atoms with E-state index in [0.717, 1.165) is 74.4 Å². The van der Waals surface area contributed by atoms with E-state index in [1.807, 2.05) is 29.9 Å². The lowest BCUT2D eigenvalue weighted by atomic mass is 9.91. The molecular formula is C24H31FN8O. The number of halogens is 1. The van der Waals surface area contributed by atoms with Gasteiger partial charge >= 0.3 is 0 Å². The summed E-state index contributed by atoms with van der Waals surface area (Å²) in [4.78, 5) is 18.8. The van der Waals surface area contributed by atoms with Gasteiger partial charge < -0.3 is 27.0 Å². The van der Waals surface area contributed by atoms with E-state index in [-0.39, 0.29) is 29.3 Å². The molecule has 0 radical (unpaired) electrons. The van der Waals surface area contributed by atoms with E-state index in [9.17, 15) is 9.18 Å². The number of nitrogens with zero attached hydrogens (tertiary/aromatic N) is 4. The van der Waals surface area contributed by atoms with E-state index in [1.54, 1.807) is 0 Å². The summed E-state index contributed by atoms with van der Waals surface area (Å²) in [6.45, 7) is 1.96. The molecule has 180 valence electrons. The van der Waals surface area contributed by atoms with Crippen LogP contribution in [0.5, 0.6) is 0 Å². The van der Waals surface area contributed by atoms with Gasteiger partial charge in [0.15, 0.2) is 17.5 Å². The number of carbonyl (C=O) groups excluding carboxylic acids is 1. The number of aryl methyl sites for hydroxylation is 1. The lowest BCUT2D eigenvalue weighted by Crippen LogP contribution is -2.43. The average Bonchev–Trinajstić information content (AvgIpc) is 3.45. The Bertz CT molecular complexity index is 1220. The second-order valence-electron chi connectivity index (χ2n) is 9.28. The predicted molar refractivity (Wildman–Crippen MR) is 132 cm³/mol. The molecule has 1 saturated heterocycles. The summed E-state index contributed by atoms with van der Waals surface area (Å²) in [5.74, 6) is -0.178. The van der Waals surface area contributed by atoms with Gasteiger partial charge in [-0.05, 0) is 49.9 Å². The number of anilines is 4. The summed E-state index contributed by atoms with van der Waals surface area (Å²) in [7, 11) is 1.93. The van der Waals surface area contributed by atoms with Gasteiger partial charge in [0, 0.05) is 43.3 Å². The highest BCUT2D eigenvalue weighted by Crippen LogP contribution is 2.32. The third kappa shape index (κ3) is 4.25. The number of rotatable bonds is 6. The molecular weight excluding hydrogens is 435 g/mol. The lowest BCUT2D eigenvalue weighted by molar-refractivity contribution is 0.100. The molecule has 1 aromatic carbocycles. The van der Waals surface area contributed by atoms with Crippen molar-refractivity contribution in [2.24, 2.45) is 18.5 Å². The van der Waals surface area contributed by atoms with Crippen molar-refractivity contribution in [2.45, 2.75) is 50.6 Å². The first-order valence-electron chi connectivity index (χ1n) is 11.9. The third-order valence-corrected chi connectivity index (χ3v) is 6.88. The van der Waals surface area contributed by atoms with Crippen LogP contribution >= 0.6 is 0 Å². The van der Waals surface area contributed by atoms with Gasteiger partial charge in [-0.2, -0.15) is 5.10 Å². The number of benzene rings is 1. The van der Waals surface area contributed by atoms with Crippen LogP contribution in [-0.2, 0) is 7.05 Å². The quantitative estimate of drug-likeness (QED) is 0.439. The van der Waals surface area contributed by atoms with Crippen LogP contribution in [0.2, 0.25) is 0 Å². The first-order valence-corrected chi connectivity index (χ1v) is 11.9. The maximum Gasteiger partial charge on any atom is 0.252 e. The van der Waals surface area contributed by atoms with E-state index < -0.39 is 11.7 Å². The zero-order valence-corrected chi connectivity index (χ0v) is 19.4. The van der Waals surface area contributed by atoms with Crippen LogP contribution in [0.3, 0.4) is 0 Å². The number of carbonyl (C=O) groups is 1. The number of hydrogen-bond donors (Lipinski definition) is 4. The molecule has 0 spiro atoms. The van der Waals surface area contributed by atoms with Crippen LogP contribution in [0.15, 0.2) is 24.3 Å². The Morgan fingerprint density at radius 1 is 1.12 bits per heavy atom. The van der Waals surface area contributed by atoms with Crippen LogP contribution in [0.4, 0.5) is 27.5 Å². The SMILES string of the molecule is Cn1nc(N2CCCC2)c2cc(Nc3nc(N[C@@H]4CCCC[C@@H]4N)c(F)cc3C(N)=O)ccc21. The molecule has 1 amide bonds. The van der Waals surface area contributed by atoms with Gasteiger partial charge in [0.1, 0.15) is 5.82 Å². The Morgan fingerprint density at radius 3 is 2.62 bits per heavy atom. The van der Waals surface area contributed by atoms with Crippen LogP contribution < -0.4 is 27.0 Å². The Labute approximate surface area is 197 Å². The van der Waals surface area contributed by atoms with Crippen molar-refractivity contribution in [1.29, 1.82) is 0 Å². The minimum atomic E-state index is -0.755. The summed E-state index contributed by atoms with van der Waals surface area (Å²) < 4.78 is 16.7. The molecule has 0 bridgehead atoms. The van der Waals surface area contributed by atoms with Crippen molar-refractivity contribution in [3.8, 4) is 0 Å². The van der Waals surface area contributed by atoms with Crippen LogP contribution in [0.1, 0.15) is 48.9 Å². The van der Waals surface area contributed by atoms with Gasteiger partial charge in [-0.3, -0.25) is 9.48 Å². The number of amides is 1. The standard InChI is InChI=1S/C24H31FN8O/c1-32-20-9-8-14(12-15(20)24(31-32)33-10-4-5-11-33)28-22-16(21(27)34)13-17(25)23(30-22)29-19-7-3-2-6-18(19)26/h8-9,12-13,18-19H,2-7,10-11,26H2,1H3,(H2,27,34)(H2,28,29,30)/t18-,19+/m0/s1. The van der Waals surface area contributed by atoms with Crippen molar-refractivity contribution in [3.05, 3.63) is 35.6 Å². The number of pyridine rings is 1. The first-order chi connectivity index (χ1) is 16.4. The Balaban J connectivity index is 1.49. The second kappa shape index (κ2) is 9.09. The maximum absolute atomic E-state index is 14.8. The molecule has 1 aliphatic carbocycles. The van der Waals surface area contributed by atoms with Crippen molar-refractivity contribution in [3.63, 3.8) is 0 Å². The molecule has 34 heavy (non-hydrogen) atoms. The normalized spacial score (nSPS) is 20.6. The Morgan fingerprint density at radius 2 is 1.88 bits per heavy atom. The van der Waals surface area contributed by atoms with Gasteiger partial charge in [-0.1, -0.05) is 12.8 Å². The van der Waals surface area contributed by atoms with Crippen molar-refractivity contribution in [2.75, 3.05) is 28.6 Å². The van der Waals surface area contributed by atoms with E-state index in [1.165, 1.54) is 0 Å². The van der Waals surface area contributed by atoms with Crippen molar-refractivity contribution in [1.82, 2.24) is 14.8 Å². The topological polar surface area (TPSA) is 127 Å². The summed E-state index contributed by atoms with van der Waals surface area (Å²) >= 11 is 0. The van der Waals surface area contributed by atoms with Crippen LogP contribution in [0.25, 0.3) is 10.9 Å². The van der Waals surface area contributed by atoms with Crippen LogP contribution in [0, 0.1) is 5.82 Å². The first kappa shape index (κ1) is 22.4. The van der Waals surface area contributed by atoms with E-state index in [2.05, 4.69) is 20.5 Å². The minimum absolute atomic E-state index is 0.0120. The maximum atomic E-state index is 14.8. The summed E-state index contributed by atoms with van der Waals surface area (Å²) in [5.41, 5.74) is 13.5. The summed E-state index contributed by atoms with van der Waals surface area (Å²) in [6.07, 6.45) is 6.13. The minimum Gasteiger partial charge on any atom is -0.365 e. The van der Waals surface area contributed by atoms with Gasteiger partial charge in [0.25, 0.3) is 5.91 Å². The molecule has 2 atom stereocenters. The van der Waals surface area contributed by atoms with Crippen LogP contribution in [-0.4, -0.2) is 45.8 Å². The van der Waals surface area contributed by atoms with Gasteiger partial charge in [0.05, 0.1) is 11.1 Å². The fourth-order valence-corrected chi connectivity index (χ4v) is 5.01.